The normalized spacial score (nSPS) is 12.0. The Morgan fingerprint density at radius 2 is 1.42 bits per heavy atom. The van der Waals surface area contributed by atoms with E-state index in [2.05, 4.69) is 21.2 Å². The Morgan fingerprint density at radius 1 is 0.814 bits per heavy atom. The fraction of sp³-hybridized carbons (Fsp3) is 0.235. The van der Waals surface area contributed by atoms with Crippen molar-refractivity contribution >= 4 is 43.5 Å². The van der Waals surface area contributed by atoms with Gasteiger partial charge in [-0.05, 0) is 67.8 Å². The van der Waals surface area contributed by atoms with Crippen LogP contribution in [0.3, 0.4) is 0 Å². The zero-order valence-electron chi connectivity index (χ0n) is 24.5. The molecule has 0 bridgehead atoms. The molecule has 9 heteroatoms. The Hall–Kier alpha value is -3.95. The highest BCUT2D eigenvalue weighted by molar-refractivity contribution is 9.10. The minimum absolute atomic E-state index is 0.0722. The molecule has 0 saturated carbocycles. The molecule has 1 atom stereocenters. The first-order chi connectivity index (χ1) is 20.6. The monoisotopic (exact) mass is 661 g/mol. The number of amides is 2. The van der Waals surface area contributed by atoms with Crippen LogP contribution in [0.2, 0.25) is 0 Å². The number of carbonyl (C=O) groups excluding carboxylic acids is 2. The van der Waals surface area contributed by atoms with Gasteiger partial charge < -0.3 is 10.2 Å². The predicted octanol–water partition coefficient (Wildman–Crippen LogP) is 6.12. The number of hydrogen-bond donors (Lipinski definition) is 1. The molecule has 0 aliphatic carbocycles. The van der Waals surface area contributed by atoms with Gasteiger partial charge in [-0.25, -0.2) is 8.42 Å². The van der Waals surface area contributed by atoms with Gasteiger partial charge in [0.1, 0.15) is 12.6 Å². The van der Waals surface area contributed by atoms with Crippen molar-refractivity contribution in [1.29, 1.82) is 0 Å². The molecule has 0 saturated heterocycles. The number of aryl methyl sites for hydroxylation is 1. The van der Waals surface area contributed by atoms with E-state index in [-0.39, 0.29) is 29.8 Å². The molecule has 4 rings (SSSR count). The van der Waals surface area contributed by atoms with Crippen molar-refractivity contribution in [3.63, 3.8) is 0 Å². The lowest BCUT2D eigenvalue weighted by Crippen LogP contribution is -2.54. The van der Waals surface area contributed by atoms with E-state index < -0.39 is 28.5 Å². The molecule has 4 aromatic carbocycles. The maximum absolute atomic E-state index is 14.5. The molecule has 0 unspecified atom stereocenters. The second-order valence-corrected chi connectivity index (χ2v) is 13.4. The van der Waals surface area contributed by atoms with Gasteiger partial charge in [0.25, 0.3) is 10.0 Å². The van der Waals surface area contributed by atoms with Crippen LogP contribution < -0.4 is 9.62 Å². The number of nitrogens with zero attached hydrogens (tertiary/aromatic N) is 2. The lowest BCUT2D eigenvalue weighted by atomic mass is 10.0. The van der Waals surface area contributed by atoms with E-state index in [9.17, 15) is 18.0 Å². The highest BCUT2D eigenvalue weighted by Crippen LogP contribution is 2.28. The number of anilines is 1. The fourth-order valence-electron chi connectivity index (χ4n) is 4.84. The predicted molar refractivity (Wildman–Crippen MR) is 174 cm³/mol. The summed E-state index contributed by atoms with van der Waals surface area (Å²) < 4.78 is 30.1. The zero-order chi connectivity index (χ0) is 31.0. The van der Waals surface area contributed by atoms with Crippen LogP contribution in [0.15, 0.2) is 119 Å². The van der Waals surface area contributed by atoms with Crippen molar-refractivity contribution in [3.05, 3.63) is 130 Å². The largest absolute Gasteiger partial charge is 0.352 e. The molecule has 0 aliphatic rings. The number of rotatable bonds is 12. The van der Waals surface area contributed by atoms with Gasteiger partial charge in [0.15, 0.2) is 0 Å². The smallest absolute Gasteiger partial charge is 0.264 e. The molecule has 0 aliphatic heterocycles. The highest BCUT2D eigenvalue weighted by Gasteiger charge is 2.35. The van der Waals surface area contributed by atoms with Crippen LogP contribution >= 0.6 is 15.9 Å². The first-order valence-electron chi connectivity index (χ1n) is 14.1. The summed E-state index contributed by atoms with van der Waals surface area (Å²) in [6.45, 7) is 5.15. The molecule has 0 heterocycles. The summed E-state index contributed by atoms with van der Waals surface area (Å²) in [5.74, 6) is -0.807. The van der Waals surface area contributed by atoms with E-state index in [1.807, 2.05) is 74.5 Å². The summed E-state index contributed by atoms with van der Waals surface area (Å²) in [4.78, 5) is 29.8. The topological polar surface area (TPSA) is 86.8 Å². The summed E-state index contributed by atoms with van der Waals surface area (Å²) in [6.07, 6.45) is 0.259. The molecule has 43 heavy (non-hydrogen) atoms. The number of halogens is 1. The maximum Gasteiger partial charge on any atom is 0.264 e. The number of benzene rings is 4. The van der Waals surface area contributed by atoms with Gasteiger partial charge in [0.2, 0.25) is 11.8 Å². The number of carbonyl (C=O) groups is 2. The Balaban J connectivity index is 1.81. The molecule has 7 nitrogen and oxygen atoms in total. The van der Waals surface area contributed by atoms with Crippen LogP contribution in [0.4, 0.5) is 5.69 Å². The molecule has 1 N–H and O–H groups in total. The van der Waals surface area contributed by atoms with E-state index in [4.69, 9.17) is 0 Å². The van der Waals surface area contributed by atoms with Gasteiger partial charge in [-0.2, -0.15) is 0 Å². The SMILES string of the molecule is Cc1ccccc1N(CC(=O)N(Cc1cccc(Br)c1)[C@@H](Cc1ccccc1)C(=O)NC(C)C)S(=O)(=O)c1ccccc1. The lowest BCUT2D eigenvalue weighted by Gasteiger charge is -2.34. The number of nitrogens with one attached hydrogen (secondary N) is 1. The van der Waals surface area contributed by atoms with Crippen LogP contribution in [0, 0.1) is 6.92 Å². The summed E-state index contributed by atoms with van der Waals surface area (Å²) >= 11 is 3.50. The molecule has 2 amide bonds. The second kappa shape index (κ2) is 14.5. The third-order valence-electron chi connectivity index (χ3n) is 6.94. The van der Waals surface area contributed by atoms with Gasteiger partial charge >= 0.3 is 0 Å². The van der Waals surface area contributed by atoms with Crippen LogP contribution in [0.25, 0.3) is 0 Å². The zero-order valence-corrected chi connectivity index (χ0v) is 26.9. The van der Waals surface area contributed by atoms with E-state index in [1.54, 1.807) is 43.3 Å². The minimum Gasteiger partial charge on any atom is -0.352 e. The average Bonchev–Trinajstić information content (AvgIpc) is 2.98. The van der Waals surface area contributed by atoms with Gasteiger partial charge in [-0.15, -0.1) is 0 Å². The quantitative estimate of drug-likeness (QED) is 0.198. The van der Waals surface area contributed by atoms with Crippen LogP contribution in [-0.4, -0.2) is 43.8 Å². The van der Waals surface area contributed by atoms with Crippen molar-refractivity contribution in [3.8, 4) is 0 Å². The molecule has 4 aromatic rings. The van der Waals surface area contributed by atoms with Crippen LogP contribution in [-0.2, 0) is 32.6 Å². The van der Waals surface area contributed by atoms with E-state index in [0.717, 1.165) is 19.9 Å². The number of hydrogen-bond acceptors (Lipinski definition) is 4. The average molecular weight is 663 g/mol. The van der Waals surface area contributed by atoms with E-state index in [0.29, 0.717) is 11.3 Å². The van der Waals surface area contributed by atoms with Crippen molar-refractivity contribution in [2.75, 3.05) is 10.8 Å². The standard InChI is InChI=1S/C34H36BrN3O4S/c1-25(2)36-34(40)32(22-27-14-6-4-7-15-27)37(23-28-16-12-17-29(35)21-28)33(39)24-38(31-20-11-10-13-26(31)3)43(41,42)30-18-8-5-9-19-30/h4-21,25,32H,22-24H2,1-3H3,(H,36,40)/t32-/m0/s1. The highest BCUT2D eigenvalue weighted by atomic mass is 79.9. The van der Waals surface area contributed by atoms with E-state index in [1.165, 1.54) is 17.0 Å². The Bertz CT molecular complexity index is 1650. The third-order valence-corrected chi connectivity index (χ3v) is 9.21. The maximum atomic E-state index is 14.5. The van der Waals surface area contributed by atoms with Gasteiger partial charge in [0, 0.05) is 23.5 Å². The lowest BCUT2D eigenvalue weighted by molar-refractivity contribution is -0.140. The van der Waals surface area contributed by atoms with Gasteiger partial charge in [0.05, 0.1) is 10.6 Å². The van der Waals surface area contributed by atoms with Crippen molar-refractivity contribution in [1.82, 2.24) is 10.2 Å². The summed E-state index contributed by atoms with van der Waals surface area (Å²) in [6, 6.07) is 31.1. The third kappa shape index (κ3) is 8.33. The summed E-state index contributed by atoms with van der Waals surface area (Å²) in [5.41, 5.74) is 2.78. The van der Waals surface area contributed by atoms with Crippen molar-refractivity contribution in [2.24, 2.45) is 0 Å². The summed E-state index contributed by atoms with van der Waals surface area (Å²) in [7, 11) is -4.13. The molecular weight excluding hydrogens is 626 g/mol. The second-order valence-electron chi connectivity index (χ2n) is 10.6. The Labute approximate surface area is 262 Å². The molecule has 0 radical (unpaired) electrons. The Morgan fingerprint density at radius 3 is 2.05 bits per heavy atom. The van der Waals surface area contributed by atoms with Crippen LogP contribution in [0.1, 0.15) is 30.5 Å². The first-order valence-corrected chi connectivity index (χ1v) is 16.3. The first kappa shape index (κ1) is 32.0. The minimum atomic E-state index is -4.13. The van der Waals surface area contributed by atoms with Gasteiger partial charge in [-0.1, -0.05) is 94.8 Å². The summed E-state index contributed by atoms with van der Waals surface area (Å²) in [5, 5.41) is 2.97. The molecular formula is C34H36BrN3O4S. The molecule has 0 spiro atoms. The molecule has 224 valence electrons. The Kier molecular flexibility index (Phi) is 10.8. The number of para-hydroxylation sites is 1. The fourth-order valence-corrected chi connectivity index (χ4v) is 6.79. The van der Waals surface area contributed by atoms with E-state index >= 15 is 0 Å². The molecule has 0 fully saturated rings. The molecule has 0 aromatic heterocycles. The number of sulfonamides is 1. The van der Waals surface area contributed by atoms with Gasteiger partial charge in [-0.3, -0.25) is 13.9 Å². The van der Waals surface area contributed by atoms with Crippen molar-refractivity contribution in [2.45, 2.75) is 50.7 Å². The van der Waals surface area contributed by atoms with Crippen LogP contribution in [0.5, 0.6) is 0 Å². The van der Waals surface area contributed by atoms with Crippen molar-refractivity contribution < 1.29 is 18.0 Å².